The Morgan fingerprint density at radius 1 is 1.27 bits per heavy atom. The van der Waals surface area contributed by atoms with E-state index < -0.39 is 31.6 Å². The highest BCUT2D eigenvalue weighted by molar-refractivity contribution is 7.91. The fourth-order valence-corrected chi connectivity index (χ4v) is 6.08. The number of halogens is 1. The van der Waals surface area contributed by atoms with Gasteiger partial charge in [-0.1, -0.05) is 11.6 Å². The summed E-state index contributed by atoms with van der Waals surface area (Å²) in [6.07, 6.45) is 2.98. The van der Waals surface area contributed by atoms with Crippen LogP contribution in [-0.4, -0.2) is 57.3 Å². The van der Waals surface area contributed by atoms with Crippen molar-refractivity contribution in [1.82, 2.24) is 14.3 Å². The van der Waals surface area contributed by atoms with Gasteiger partial charge in [0.15, 0.2) is 15.6 Å². The van der Waals surface area contributed by atoms with Gasteiger partial charge in [0.2, 0.25) is 0 Å². The van der Waals surface area contributed by atoms with Gasteiger partial charge in [-0.2, -0.15) is 13.1 Å². The molecular weight excluding hydrogens is 490 g/mol. The number of ketones is 1. The van der Waals surface area contributed by atoms with E-state index in [2.05, 4.69) is 9.71 Å². The molecule has 0 radical (unpaired) electrons. The Bertz CT molecular complexity index is 1470. The number of hydrogen-bond donors (Lipinski definition) is 2. The lowest BCUT2D eigenvalue weighted by atomic mass is 10.2. The van der Waals surface area contributed by atoms with Gasteiger partial charge in [0.05, 0.1) is 11.2 Å². The maximum atomic E-state index is 13.4. The molecule has 3 aromatic rings. The molecule has 0 unspecified atom stereocenters. The second-order valence-corrected chi connectivity index (χ2v) is 12.1. The van der Waals surface area contributed by atoms with Crippen LogP contribution in [0.1, 0.15) is 22.5 Å². The maximum absolute atomic E-state index is 13.4. The van der Waals surface area contributed by atoms with Crippen molar-refractivity contribution in [2.75, 3.05) is 35.1 Å². The van der Waals surface area contributed by atoms with Crippen LogP contribution in [0.2, 0.25) is 5.02 Å². The number of nitrogens with two attached hydrogens (primary N) is 1. The minimum Gasteiger partial charge on any atom is -0.384 e. The zero-order valence-electron chi connectivity index (χ0n) is 17.7. The van der Waals surface area contributed by atoms with E-state index >= 15 is 0 Å². The number of fused-ring (bicyclic) bond motifs is 1. The number of anilines is 2. The quantitative estimate of drug-likeness (QED) is 0.478. The predicted octanol–water partition coefficient (Wildman–Crippen LogP) is 1.59. The number of hydrogen-bond acceptors (Lipinski definition) is 7. The standard InChI is InChI=1S/C20H22ClN5O5S2/c1-32(28,29)12-17(27)20-19(26-8-2-6-24-33(26,30)31)15-10-14(21)3-4-16(15)25(20)11-13-5-7-23-18(22)9-13/h3-5,7,9-10,24H,2,6,8,11-12H2,1H3,(H2,22,23). The molecule has 3 heterocycles. The van der Waals surface area contributed by atoms with E-state index in [0.717, 1.165) is 10.6 Å². The number of carbonyl (C=O) groups is 1. The zero-order valence-corrected chi connectivity index (χ0v) is 20.0. The molecule has 10 nitrogen and oxygen atoms in total. The van der Waals surface area contributed by atoms with Crippen molar-refractivity contribution in [3.63, 3.8) is 0 Å². The summed E-state index contributed by atoms with van der Waals surface area (Å²) in [7, 11) is -7.64. The fraction of sp³-hybridized carbons (Fsp3) is 0.300. The van der Waals surface area contributed by atoms with Gasteiger partial charge in [0.1, 0.15) is 17.3 Å². The Hall–Kier alpha value is -2.67. The van der Waals surface area contributed by atoms with E-state index in [4.69, 9.17) is 17.3 Å². The largest absolute Gasteiger partial charge is 0.384 e. The highest BCUT2D eigenvalue weighted by Gasteiger charge is 2.35. The minimum absolute atomic E-state index is 0.0275. The van der Waals surface area contributed by atoms with Crippen molar-refractivity contribution < 1.29 is 21.6 Å². The number of Topliss-reactive ketones (excluding diaryl/α,β-unsaturated/α-hetero) is 1. The lowest BCUT2D eigenvalue weighted by molar-refractivity contribution is 0.101. The smallest absolute Gasteiger partial charge is 0.301 e. The molecule has 0 spiro atoms. The van der Waals surface area contributed by atoms with Gasteiger partial charge in [0.25, 0.3) is 0 Å². The van der Waals surface area contributed by atoms with E-state index in [1.807, 2.05) is 0 Å². The monoisotopic (exact) mass is 511 g/mol. The van der Waals surface area contributed by atoms with Crippen molar-refractivity contribution in [2.24, 2.45) is 0 Å². The van der Waals surface area contributed by atoms with E-state index in [9.17, 15) is 21.6 Å². The van der Waals surface area contributed by atoms with Crippen LogP contribution >= 0.6 is 11.6 Å². The average molecular weight is 512 g/mol. The molecule has 4 rings (SSSR count). The third kappa shape index (κ3) is 4.83. The molecule has 0 saturated carbocycles. The summed E-state index contributed by atoms with van der Waals surface area (Å²) in [5.74, 6) is -1.22. The van der Waals surface area contributed by atoms with E-state index in [1.165, 1.54) is 6.20 Å². The zero-order chi connectivity index (χ0) is 24.0. The summed E-state index contributed by atoms with van der Waals surface area (Å²) in [5.41, 5.74) is 7.12. The van der Waals surface area contributed by atoms with Gasteiger partial charge >= 0.3 is 10.2 Å². The summed E-state index contributed by atoms with van der Waals surface area (Å²) in [6, 6.07) is 8.21. The summed E-state index contributed by atoms with van der Waals surface area (Å²) in [6.45, 7) is 0.528. The number of nitrogens with one attached hydrogen (secondary N) is 1. The average Bonchev–Trinajstić information content (AvgIpc) is 2.99. The van der Waals surface area contributed by atoms with Crippen LogP contribution in [0, 0.1) is 0 Å². The lowest BCUT2D eigenvalue weighted by Crippen LogP contribution is -2.47. The highest BCUT2D eigenvalue weighted by atomic mass is 35.5. The van der Waals surface area contributed by atoms with Crippen molar-refractivity contribution in [1.29, 1.82) is 0 Å². The molecule has 1 saturated heterocycles. The Morgan fingerprint density at radius 2 is 2.03 bits per heavy atom. The molecular formula is C20H22ClN5O5S2. The van der Waals surface area contributed by atoms with E-state index in [-0.39, 0.29) is 36.8 Å². The van der Waals surface area contributed by atoms with Crippen LogP contribution in [0.5, 0.6) is 0 Å². The summed E-state index contributed by atoms with van der Waals surface area (Å²) >= 11 is 6.23. The number of nitrogens with zero attached hydrogens (tertiary/aromatic N) is 3. The van der Waals surface area contributed by atoms with Crippen molar-refractivity contribution in [3.05, 3.63) is 52.8 Å². The first-order valence-electron chi connectivity index (χ1n) is 9.97. The summed E-state index contributed by atoms with van der Waals surface area (Å²) in [4.78, 5) is 17.3. The second-order valence-electron chi connectivity index (χ2n) is 7.85. The van der Waals surface area contributed by atoms with Crippen LogP contribution in [0.3, 0.4) is 0 Å². The number of sulfone groups is 1. The minimum atomic E-state index is -3.95. The molecule has 0 amide bonds. The molecule has 176 valence electrons. The summed E-state index contributed by atoms with van der Waals surface area (Å²) in [5, 5.41) is 0.771. The normalized spacial score (nSPS) is 16.2. The Kier molecular flexibility index (Phi) is 6.12. The molecule has 1 aliphatic rings. The molecule has 33 heavy (non-hydrogen) atoms. The highest BCUT2D eigenvalue weighted by Crippen LogP contribution is 2.38. The summed E-state index contributed by atoms with van der Waals surface area (Å²) < 4.78 is 55.0. The second kappa shape index (κ2) is 8.60. The van der Waals surface area contributed by atoms with Gasteiger partial charge in [-0.3, -0.25) is 9.10 Å². The van der Waals surface area contributed by atoms with Crippen LogP contribution in [-0.2, 0) is 26.6 Å². The Labute approximate surface area is 196 Å². The third-order valence-corrected chi connectivity index (χ3v) is 7.74. The number of benzene rings is 1. The molecule has 1 aliphatic heterocycles. The first-order valence-corrected chi connectivity index (χ1v) is 13.8. The Morgan fingerprint density at radius 3 is 2.70 bits per heavy atom. The van der Waals surface area contributed by atoms with Gasteiger partial charge in [0, 0.05) is 42.5 Å². The van der Waals surface area contributed by atoms with Crippen LogP contribution < -0.4 is 14.8 Å². The van der Waals surface area contributed by atoms with Gasteiger partial charge in [-0.25, -0.2) is 13.4 Å². The number of carbonyl (C=O) groups excluding carboxylic acids is 1. The van der Waals surface area contributed by atoms with E-state index in [1.54, 1.807) is 34.9 Å². The molecule has 2 aromatic heterocycles. The number of nitrogen functional groups attached to an aromatic ring is 1. The SMILES string of the molecule is CS(=O)(=O)CC(=O)c1c(N2CCCNS2(=O)=O)c2cc(Cl)ccc2n1Cc1ccnc(N)c1. The van der Waals surface area contributed by atoms with Gasteiger partial charge in [-0.15, -0.1) is 0 Å². The molecule has 0 aliphatic carbocycles. The van der Waals surface area contributed by atoms with Crippen LogP contribution in [0.15, 0.2) is 36.5 Å². The van der Waals surface area contributed by atoms with Crippen LogP contribution in [0.4, 0.5) is 11.5 Å². The van der Waals surface area contributed by atoms with Crippen molar-refractivity contribution in [2.45, 2.75) is 13.0 Å². The van der Waals surface area contributed by atoms with E-state index in [0.29, 0.717) is 27.9 Å². The molecule has 13 heteroatoms. The first-order chi connectivity index (χ1) is 15.5. The number of pyridine rings is 1. The number of aromatic nitrogens is 2. The predicted molar refractivity (Wildman–Crippen MR) is 128 cm³/mol. The van der Waals surface area contributed by atoms with Gasteiger partial charge in [-0.05, 0) is 42.3 Å². The molecule has 0 atom stereocenters. The first kappa shape index (κ1) is 23.5. The van der Waals surface area contributed by atoms with Crippen molar-refractivity contribution in [3.8, 4) is 0 Å². The molecule has 3 N–H and O–H groups in total. The van der Waals surface area contributed by atoms with Gasteiger partial charge < -0.3 is 10.3 Å². The number of rotatable bonds is 6. The Balaban J connectivity index is 2.04. The fourth-order valence-electron chi connectivity index (χ4n) is 3.94. The topological polar surface area (TPSA) is 144 Å². The molecule has 1 aromatic carbocycles. The lowest BCUT2D eigenvalue weighted by Gasteiger charge is -2.29. The van der Waals surface area contributed by atoms with Crippen LogP contribution in [0.25, 0.3) is 10.9 Å². The molecule has 1 fully saturated rings. The van der Waals surface area contributed by atoms with Crippen molar-refractivity contribution >= 4 is 59.8 Å². The molecule has 0 bridgehead atoms. The third-order valence-electron chi connectivity index (χ3n) is 5.20. The maximum Gasteiger partial charge on any atom is 0.301 e.